The molecule has 3 heteroatoms. The van der Waals surface area contributed by atoms with Crippen molar-refractivity contribution >= 4 is 22.5 Å². The Bertz CT molecular complexity index is 387. The SMILES string of the molecule is Clc1cc2ncccc2cn1. The van der Waals surface area contributed by atoms with E-state index in [1.165, 1.54) is 0 Å². The lowest BCUT2D eigenvalue weighted by Gasteiger charge is -1.93. The highest BCUT2D eigenvalue weighted by Gasteiger charge is 1.93. The Balaban J connectivity index is 2.83. The third kappa shape index (κ3) is 1.17. The molecule has 2 aromatic rings. The Morgan fingerprint density at radius 3 is 3.09 bits per heavy atom. The van der Waals surface area contributed by atoms with Gasteiger partial charge in [-0.05, 0) is 12.1 Å². The lowest BCUT2D eigenvalue weighted by atomic mass is 10.3. The van der Waals surface area contributed by atoms with Crippen LogP contribution in [0.3, 0.4) is 0 Å². The van der Waals surface area contributed by atoms with Gasteiger partial charge >= 0.3 is 0 Å². The lowest BCUT2D eigenvalue weighted by Crippen LogP contribution is -1.79. The van der Waals surface area contributed by atoms with Gasteiger partial charge in [-0.15, -0.1) is 0 Å². The van der Waals surface area contributed by atoms with Gasteiger partial charge in [0.05, 0.1) is 5.52 Å². The van der Waals surface area contributed by atoms with E-state index in [2.05, 4.69) is 9.97 Å². The molecule has 0 aromatic carbocycles. The number of halogens is 1. The summed E-state index contributed by atoms with van der Waals surface area (Å²) in [6, 6.07) is 5.57. The van der Waals surface area contributed by atoms with Crippen LogP contribution in [0.2, 0.25) is 5.15 Å². The zero-order valence-electron chi connectivity index (χ0n) is 5.66. The van der Waals surface area contributed by atoms with Crippen LogP contribution < -0.4 is 0 Å². The molecule has 2 nitrogen and oxygen atoms in total. The largest absolute Gasteiger partial charge is 0.256 e. The highest BCUT2D eigenvalue weighted by atomic mass is 35.5. The second-order valence-electron chi connectivity index (χ2n) is 2.20. The first kappa shape index (κ1) is 6.55. The van der Waals surface area contributed by atoms with Gasteiger partial charge < -0.3 is 0 Å². The minimum absolute atomic E-state index is 0.483. The van der Waals surface area contributed by atoms with E-state index >= 15 is 0 Å². The molecule has 54 valence electrons. The van der Waals surface area contributed by atoms with Crippen LogP contribution in [0, 0.1) is 0 Å². The van der Waals surface area contributed by atoms with E-state index in [0.29, 0.717) is 5.15 Å². The van der Waals surface area contributed by atoms with E-state index in [9.17, 15) is 0 Å². The van der Waals surface area contributed by atoms with Gasteiger partial charge in [-0.3, -0.25) is 4.98 Å². The Morgan fingerprint density at radius 1 is 1.27 bits per heavy atom. The van der Waals surface area contributed by atoms with Gasteiger partial charge in [0.2, 0.25) is 0 Å². The Kier molecular flexibility index (Phi) is 1.47. The summed E-state index contributed by atoms with van der Waals surface area (Å²) in [7, 11) is 0. The minimum atomic E-state index is 0.483. The summed E-state index contributed by atoms with van der Waals surface area (Å²) in [6.07, 6.45) is 3.45. The van der Waals surface area contributed by atoms with Crippen LogP contribution in [0.15, 0.2) is 30.6 Å². The molecule has 11 heavy (non-hydrogen) atoms. The summed E-state index contributed by atoms with van der Waals surface area (Å²) >= 11 is 5.67. The third-order valence-electron chi connectivity index (χ3n) is 1.45. The topological polar surface area (TPSA) is 25.8 Å². The second-order valence-corrected chi connectivity index (χ2v) is 2.59. The van der Waals surface area contributed by atoms with Crippen molar-refractivity contribution in [2.45, 2.75) is 0 Å². The fraction of sp³-hybridized carbons (Fsp3) is 0. The van der Waals surface area contributed by atoms with Gasteiger partial charge in [0.25, 0.3) is 0 Å². The quantitative estimate of drug-likeness (QED) is 0.559. The van der Waals surface area contributed by atoms with E-state index in [-0.39, 0.29) is 0 Å². The number of fused-ring (bicyclic) bond motifs is 1. The molecule has 0 spiro atoms. The molecule has 0 amide bonds. The molecule has 0 saturated heterocycles. The first-order valence-corrected chi connectivity index (χ1v) is 3.60. The molecular weight excluding hydrogens is 160 g/mol. The summed E-state index contributed by atoms with van der Waals surface area (Å²) in [5.74, 6) is 0. The summed E-state index contributed by atoms with van der Waals surface area (Å²) < 4.78 is 0. The van der Waals surface area contributed by atoms with Crippen LogP contribution in [-0.4, -0.2) is 9.97 Å². The summed E-state index contributed by atoms with van der Waals surface area (Å²) in [5, 5.41) is 1.49. The number of rotatable bonds is 0. The first-order chi connectivity index (χ1) is 5.36. The van der Waals surface area contributed by atoms with Gasteiger partial charge in [0, 0.05) is 23.8 Å². The molecule has 0 saturated carbocycles. The molecular formula is C8H5ClN2. The van der Waals surface area contributed by atoms with E-state index in [0.717, 1.165) is 10.9 Å². The Morgan fingerprint density at radius 2 is 2.18 bits per heavy atom. The molecule has 0 aliphatic heterocycles. The maximum Gasteiger partial charge on any atom is 0.131 e. The normalized spacial score (nSPS) is 10.3. The predicted octanol–water partition coefficient (Wildman–Crippen LogP) is 2.28. The highest BCUT2D eigenvalue weighted by Crippen LogP contribution is 2.12. The summed E-state index contributed by atoms with van der Waals surface area (Å²) in [4.78, 5) is 8.05. The number of pyridine rings is 2. The van der Waals surface area contributed by atoms with Crippen molar-refractivity contribution in [2.75, 3.05) is 0 Å². The maximum atomic E-state index is 5.67. The smallest absolute Gasteiger partial charge is 0.131 e. The Labute approximate surface area is 68.9 Å². The monoisotopic (exact) mass is 164 g/mol. The fourth-order valence-corrected chi connectivity index (χ4v) is 1.09. The van der Waals surface area contributed by atoms with Crippen LogP contribution in [0.1, 0.15) is 0 Å². The van der Waals surface area contributed by atoms with Crippen LogP contribution in [0.4, 0.5) is 0 Å². The standard InChI is InChI=1S/C8H5ClN2/c9-8-4-7-6(5-11-8)2-1-3-10-7/h1-5H. The maximum absolute atomic E-state index is 5.67. The van der Waals surface area contributed by atoms with Crippen molar-refractivity contribution in [1.82, 2.24) is 9.97 Å². The predicted molar refractivity (Wildman–Crippen MR) is 44.5 cm³/mol. The van der Waals surface area contributed by atoms with Gasteiger partial charge in [-0.2, -0.15) is 0 Å². The molecule has 2 heterocycles. The molecule has 0 aliphatic carbocycles. The molecule has 0 unspecified atom stereocenters. The van der Waals surface area contributed by atoms with E-state index in [1.54, 1.807) is 18.5 Å². The molecule has 0 bridgehead atoms. The lowest BCUT2D eigenvalue weighted by molar-refractivity contribution is 1.32. The van der Waals surface area contributed by atoms with Gasteiger partial charge in [0.15, 0.2) is 0 Å². The van der Waals surface area contributed by atoms with Gasteiger partial charge in [0.1, 0.15) is 5.15 Å². The van der Waals surface area contributed by atoms with Gasteiger partial charge in [-0.25, -0.2) is 4.98 Å². The molecule has 0 radical (unpaired) electrons. The first-order valence-electron chi connectivity index (χ1n) is 3.22. The van der Waals surface area contributed by atoms with Crippen molar-refractivity contribution in [3.05, 3.63) is 35.7 Å². The average Bonchev–Trinajstić information content (AvgIpc) is 2.04. The van der Waals surface area contributed by atoms with E-state index in [4.69, 9.17) is 11.6 Å². The average molecular weight is 165 g/mol. The molecule has 0 N–H and O–H groups in total. The third-order valence-corrected chi connectivity index (χ3v) is 1.66. The van der Waals surface area contributed by atoms with Crippen molar-refractivity contribution in [2.24, 2.45) is 0 Å². The number of nitrogens with zero attached hydrogens (tertiary/aromatic N) is 2. The van der Waals surface area contributed by atoms with Crippen molar-refractivity contribution < 1.29 is 0 Å². The molecule has 2 aromatic heterocycles. The van der Waals surface area contributed by atoms with E-state index in [1.807, 2.05) is 12.1 Å². The fourth-order valence-electron chi connectivity index (χ4n) is 0.941. The molecule has 0 aliphatic rings. The molecule has 0 fully saturated rings. The summed E-state index contributed by atoms with van der Waals surface area (Å²) in [6.45, 7) is 0. The highest BCUT2D eigenvalue weighted by molar-refractivity contribution is 6.29. The van der Waals surface area contributed by atoms with Crippen LogP contribution in [0.5, 0.6) is 0 Å². The van der Waals surface area contributed by atoms with E-state index < -0.39 is 0 Å². The number of hydrogen-bond acceptors (Lipinski definition) is 2. The summed E-state index contributed by atoms with van der Waals surface area (Å²) in [5.41, 5.74) is 0.882. The van der Waals surface area contributed by atoms with Crippen LogP contribution in [-0.2, 0) is 0 Å². The second kappa shape index (κ2) is 2.47. The van der Waals surface area contributed by atoms with Crippen LogP contribution >= 0.6 is 11.6 Å². The van der Waals surface area contributed by atoms with Crippen molar-refractivity contribution in [1.29, 1.82) is 0 Å². The number of hydrogen-bond donors (Lipinski definition) is 0. The van der Waals surface area contributed by atoms with Gasteiger partial charge in [-0.1, -0.05) is 11.6 Å². The van der Waals surface area contributed by atoms with Crippen molar-refractivity contribution in [3.8, 4) is 0 Å². The molecule has 2 rings (SSSR count). The zero-order chi connectivity index (χ0) is 7.68. The van der Waals surface area contributed by atoms with Crippen LogP contribution in [0.25, 0.3) is 10.9 Å². The number of aromatic nitrogens is 2. The minimum Gasteiger partial charge on any atom is -0.256 e. The zero-order valence-corrected chi connectivity index (χ0v) is 6.42. The Hall–Kier alpha value is -1.15. The van der Waals surface area contributed by atoms with Crippen molar-refractivity contribution in [3.63, 3.8) is 0 Å². The molecule has 0 atom stereocenters.